The summed E-state index contributed by atoms with van der Waals surface area (Å²) in [6, 6.07) is 13.5. The van der Waals surface area contributed by atoms with Gasteiger partial charge in [0, 0.05) is 18.6 Å². The summed E-state index contributed by atoms with van der Waals surface area (Å²) in [7, 11) is 0. The van der Waals surface area contributed by atoms with Crippen LogP contribution < -0.4 is 9.61 Å². The fourth-order valence-corrected chi connectivity index (χ4v) is 3.06. The summed E-state index contributed by atoms with van der Waals surface area (Å²) in [5.74, 6) is 0.501. The van der Waals surface area contributed by atoms with E-state index in [4.69, 9.17) is 4.74 Å². The zero-order valence-electron chi connectivity index (χ0n) is 13.0. The Morgan fingerprint density at radius 2 is 1.88 bits per heavy atom. The summed E-state index contributed by atoms with van der Waals surface area (Å²) in [5, 5.41) is 20.4. The van der Waals surface area contributed by atoms with Crippen molar-refractivity contribution in [3.63, 3.8) is 0 Å². The van der Waals surface area contributed by atoms with Crippen molar-refractivity contribution in [1.29, 1.82) is 0 Å². The van der Waals surface area contributed by atoms with E-state index in [2.05, 4.69) is 4.98 Å². The molecule has 0 aliphatic heterocycles. The number of aromatic hydroxyl groups is 1. The maximum Gasteiger partial charge on any atom is 0.307 e. The molecule has 25 heavy (non-hydrogen) atoms. The first-order chi connectivity index (χ1) is 12.0. The van der Waals surface area contributed by atoms with Gasteiger partial charge in [0.15, 0.2) is 0 Å². The minimum Gasteiger partial charge on any atom is -0.494 e. The van der Waals surface area contributed by atoms with Crippen LogP contribution in [0.15, 0.2) is 53.3 Å². The van der Waals surface area contributed by atoms with Crippen molar-refractivity contribution < 1.29 is 14.8 Å². The van der Waals surface area contributed by atoms with Gasteiger partial charge in [-0.15, -0.1) is 0 Å². The van der Waals surface area contributed by atoms with Crippen LogP contribution in [-0.2, 0) is 13.0 Å². The lowest BCUT2D eigenvalue weighted by atomic mass is 10.1. The zero-order valence-corrected chi connectivity index (χ0v) is 13.8. The van der Waals surface area contributed by atoms with E-state index in [9.17, 15) is 20.0 Å². The number of ether oxygens (including phenoxy) is 1. The Bertz CT molecular complexity index is 946. The molecular weight excluding hydrogens is 344 g/mol. The summed E-state index contributed by atoms with van der Waals surface area (Å²) in [6.07, 6.45) is 0.367. The molecule has 1 aromatic heterocycles. The van der Waals surface area contributed by atoms with Gasteiger partial charge in [-0.05, 0) is 29.3 Å². The molecule has 0 amide bonds. The number of para-hydroxylation sites is 1. The third-order valence-electron chi connectivity index (χ3n) is 3.57. The summed E-state index contributed by atoms with van der Waals surface area (Å²) in [6.45, 7) is 0.254. The molecule has 2 N–H and O–H groups in total. The van der Waals surface area contributed by atoms with E-state index in [0.717, 1.165) is 22.5 Å². The molecule has 0 atom stereocenters. The summed E-state index contributed by atoms with van der Waals surface area (Å²) >= 11 is 0.956. The summed E-state index contributed by atoms with van der Waals surface area (Å²) in [5.41, 5.74) is 1.66. The molecule has 0 bridgehead atoms. The first-order valence-corrected chi connectivity index (χ1v) is 8.19. The van der Waals surface area contributed by atoms with Crippen LogP contribution >= 0.6 is 11.3 Å². The van der Waals surface area contributed by atoms with E-state index < -0.39 is 4.92 Å². The van der Waals surface area contributed by atoms with E-state index in [1.807, 2.05) is 18.2 Å². The molecule has 3 aromatic rings. The number of nitrogens with one attached hydrogen (secondary N) is 1. The van der Waals surface area contributed by atoms with E-state index in [0.29, 0.717) is 17.0 Å². The predicted octanol–water partition coefficient (Wildman–Crippen LogP) is 3.22. The minimum atomic E-state index is -0.450. The number of aromatic nitrogens is 1. The number of aromatic amines is 1. The molecule has 0 saturated heterocycles. The average Bonchev–Trinajstić information content (AvgIpc) is 2.91. The highest BCUT2D eigenvalue weighted by atomic mass is 32.1. The number of nitro benzene ring substituents is 1. The topological polar surface area (TPSA) is 105 Å². The zero-order chi connectivity index (χ0) is 17.8. The largest absolute Gasteiger partial charge is 0.494 e. The Morgan fingerprint density at radius 1 is 1.16 bits per heavy atom. The molecule has 0 aliphatic rings. The molecule has 7 nitrogen and oxygen atoms in total. The van der Waals surface area contributed by atoms with Gasteiger partial charge in [0.25, 0.3) is 5.69 Å². The number of thiazole rings is 1. The lowest BCUT2D eigenvalue weighted by Crippen LogP contribution is -1.99. The normalized spacial score (nSPS) is 10.6. The molecule has 2 aromatic carbocycles. The fourth-order valence-electron chi connectivity index (χ4n) is 2.31. The van der Waals surface area contributed by atoms with Crippen molar-refractivity contribution in [2.45, 2.75) is 13.0 Å². The van der Waals surface area contributed by atoms with Gasteiger partial charge in [-0.25, -0.2) is 0 Å². The van der Waals surface area contributed by atoms with Crippen LogP contribution in [0.25, 0.3) is 0 Å². The highest BCUT2D eigenvalue weighted by Gasteiger charge is 2.11. The van der Waals surface area contributed by atoms with Gasteiger partial charge < -0.3 is 9.84 Å². The van der Waals surface area contributed by atoms with Gasteiger partial charge in [0.2, 0.25) is 5.88 Å². The van der Waals surface area contributed by atoms with Crippen LogP contribution in [0.5, 0.6) is 11.6 Å². The molecule has 8 heteroatoms. The number of hydrogen-bond donors (Lipinski definition) is 2. The molecule has 3 rings (SSSR count). The van der Waals surface area contributed by atoms with Crippen LogP contribution in [0.4, 0.5) is 5.69 Å². The van der Waals surface area contributed by atoms with Crippen LogP contribution in [0.2, 0.25) is 0 Å². The molecular formula is C17H14N2O5S. The second-order valence-corrected chi connectivity index (χ2v) is 6.35. The summed E-state index contributed by atoms with van der Waals surface area (Å²) in [4.78, 5) is 24.1. The van der Waals surface area contributed by atoms with Crippen LogP contribution in [0, 0.1) is 10.1 Å². The van der Waals surface area contributed by atoms with E-state index in [1.54, 1.807) is 18.2 Å². The molecule has 0 fully saturated rings. The van der Waals surface area contributed by atoms with Gasteiger partial charge in [0.1, 0.15) is 12.4 Å². The van der Waals surface area contributed by atoms with Crippen LogP contribution in [-0.4, -0.2) is 15.0 Å². The maximum atomic E-state index is 11.3. The van der Waals surface area contributed by atoms with Crippen molar-refractivity contribution in [1.82, 2.24) is 4.98 Å². The Kier molecular flexibility index (Phi) is 4.80. The lowest BCUT2D eigenvalue weighted by molar-refractivity contribution is -0.384. The van der Waals surface area contributed by atoms with Crippen molar-refractivity contribution >= 4 is 17.0 Å². The molecule has 0 saturated carbocycles. The number of non-ortho nitro benzene ring substituents is 1. The second kappa shape index (κ2) is 7.18. The number of hydrogen-bond acceptors (Lipinski definition) is 6. The fraction of sp³-hybridized carbons (Fsp3) is 0.118. The number of H-pyrrole nitrogens is 1. The van der Waals surface area contributed by atoms with Gasteiger partial charge in [0.05, 0.1) is 9.80 Å². The maximum absolute atomic E-state index is 11.3. The van der Waals surface area contributed by atoms with Gasteiger partial charge in [-0.1, -0.05) is 29.5 Å². The number of rotatable bonds is 6. The third kappa shape index (κ3) is 4.04. The highest BCUT2D eigenvalue weighted by Crippen LogP contribution is 2.27. The van der Waals surface area contributed by atoms with E-state index in [-0.39, 0.29) is 23.0 Å². The minimum absolute atomic E-state index is 0.0296. The monoisotopic (exact) mass is 358 g/mol. The van der Waals surface area contributed by atoms with Gasteiger partial charge in [-0.2, -0.15) is 0 Å². The molecule has 1 heterocycles. The first-order valence-electron chi connectivity index (χ1n) is 7.38. The first kappa shape index (κ1) is 16.7. The third-order valence-corrected chi connectivity index (χ3v) is 4.44. The predicted molar refractivity (Wildman–Crippen MR) is 93.3 cm³/mol. The van der Waals surface area contributed by atoms with Gasteiger partial charge in [-0.3, -0.25) is 19.9 Å². The lowest BCUT2D eigenvalue weighted by Gasteiger charge is -2.11. The molecule has 0 spiro atoms. The Morgan fingerprint density at radius 3 is 2.52 bits per heavy atom. The van der Waals surface area contributed by atoms with Crippen LogP contribution in [0.1, 0.15) is 16.0 Å². The standard InChI is InChI=1S/C17H14N2O5S/c20-16-15(25-17(21)18-16)9-12-3-1-2-4-14(12)24-10-11-5-7-13(8-6-11)19(22)23/h1-8,20H,9-10H2,(H,18,21). The Balaban J connectivity index is 1.73. The van der Waals surface area contributed by atoms with Crippen LogP contribution in [0.3, 0.4) is 0 Å². The SMILES string of the molecule is O=c1[nH]c(O)c(Cc2ccccc2OCc2ccc([N+](=O)[O-])cc2)s1. The Labute approximate surface area is 146 Å². The van der Waals surface area contributed by atoms with E-state index in [1.165, 1.54) is 12.1 Å². The molecule has 0 unspecified atom stereocenters. The smallest absolute Gasteiger partial charge is 0.307 e. The second-order valence-electron chi connectivity index (χ2n) is 5.28. The Hall–Kier alpha value is -3.13. The molecule has 128 valence electrons. The number of nitrogens with zero attached hydrogens (tertiary/aromatic N) is 1. The quantitative estimate of drug-likeness (QED) is 0.520. The molecule has 0 aliphatic carbocycles. The van der Waals surface area contributed by atoms with Crippen molar-refractivity contribution in [2.75, 3.05) is 0 Å². The average molecular weight is 358 g/mol. The molecule has 0 radical (unpaired) electrons. The van der Waals surface area contributed by atoms with Crippen molar-refractivity contribution in [2.24, 2.45) is 0 Å². The highest BCUT2D eigenvalue weighted by molar-refractivity contribution is 7.09. The number of benzene rings is 2. The summed E-state index contributed by atoms with van der Waals surface area (Å²) < 4.78 is 5.81. The van der Waals surface area contributed by atoms with Crippen molar-refractivity contribution in [3.05, 3.63) is 84.3 Å². The van der Waals surface area contributed by atoms with Gasteiger partial charge >= 0.3 is 4.87 Å². The van der Waals surface area contributed by atoms with Crippen molar-refractivity contribution in [3.8, 4) is 11.6 Å². The van der Waals surface area contributed by atoms with E-state index >= 15 is 0 Å². The number of nitro groups is 1.